The molecule has 252 valence electrons. The molecule has 16 heteroatoms. The van der Waals surface area contributed by atoms with Crippen LogP contribution in [-0.2, 0) is 25.1 Å². The lowest BCUT2D eigenvalue weighted by Gasteiger charge is -2.23. The summed E-state index contributed by atoms with van der Waals surface area (Å²) in [5.74, 6) is -2.56. The Labute approximate surface area is 265 Å². The van der Waals surface area contributed by atoms with Crippen molar-refractivity contribution in [2.45, 2.75) is 78.1 Å². The van der Waals surface area contributed by atoms with E-state index in [0.717, 1.165) is 0 Å². The summed E-state index contributed by atoms with van der Waals surface area (Å²) in [5.41, 5.74) is 5.59. The van der Waals surface area contributed by atoms with Crippen molar-refractivity contribution < 1.29 is 40.7 Å². The molecule has 4 N–H and O–H groups in total. The fraction of sp³-hybridized carbons (Fsp3) is 0.467. The third-order valence-electron chi connectivity index (χ3n) is 6.00. The van der Waals surface area contributed by atoms with E-state index in [4.69, 9.17) is 15.2 Å². The number of esters is 1. The number of hydrogen-bond acceptors (Lipinski definition) is 9. The van der Waals surface area contributed by atoms with Crippen LogP contribution in [0, 0.1) is 0 Å². The van der Waals surface area contributed by atoms with Gasteiger partial charge in [-0.1, -0.05) is 12.1 Å². The summed E-state index contributed by atoms with van der Waals surface area (Å²) in [6, 6.07) is 8.63. The topological polar surface area (TPSA) is 168 Å². The Morgan fingerprint density at radius 3 is 2.20 bits per heavy atom. The van der Waals surface area contributed by atoms with Gasteiger partial charge in [0.05, 0.1) is 12.1 Å². The molecule has 1 aromatic carbocycles. The van der Waals surface area contributed by atoms with Crippen LogP contribution in [-0.4, -0.2) is 59.2 Å². The molecule has 0 fully saturated rings. The monoisotopic (exact) mass is 668 g/mol. The summed E-state index contributed by atoms with van der Waals surface area (Å²) < 4.78 is 76.1. The zero-order chi connectivity index (χ0) is 34.5. The molecule has 0 aliphatic carbocycles. The number of pyridine rings is 1. The standard InChI is InChI=1S/C30H39F3N6O6S/c1-28(2,3)39-27(36-21-14-15-35-22(17-21)44-16-8-7-9-23(40)45-29(4,5)6)24(26(34)41)25(37-39)19-10-12-20(13-11-19)38-46(42,43)18-30(31,32)33/h10-15,17,38H,7-9,16,18H2,1-6H3,(H2,34,41)(H,35,36). The van der Waals surface area contributed by atoms with E-state index in [9.17, 15) is 31.2 Å². The van der Waals surface area contributed by atoms with Crippen LogP contribution < -0.4 is 20.5 Å². The third kappa shape index (κ3) is 10.9. The number of primary amides is 1. The SMILES string of the molecule is CC(C)(C)OC(=O)CCCCOc1cc(Nc2c(C(N)=O)c(-c3ccc(NS(=O)(=O)CC(F)(F)F)cc3)nn2C(C)(C)C)ccn1. The van der Waals surface area contributed by atoms with Crippen LogP contribution in [0.2, 0.25) is 0 Å². The van der Waals surface area contributed by atoms with Gasteiger partial charge < -0.3 is 20.5 Å². The number of amides is 1. The van der Waals surface area contributed by atoms with E-state index in [0.29, 0.717) is 36.6 Å². The molecule has 0 bridgehead atoms. The first-order chi connectivity index (χ1) is 21.1. The van der Waals surface area contributed by atoms with Crippen LogP contribution in [0.4, 0.5) is 30.4 Å². The zero-order valence-electron chi connectivity index (χ0n) is 26.5. The highest BCUT2D eigenvalue weighted by molar-refractivity contribution is 7.92. The number of alkyl halides is 3. The van der Waals surface area contributed by atoms with Crippen molar-refractivity contribution in [3.8, 4) is 17.1 Å². The van der Waals surface area contributed by atoms with Gasteiger partial charge in [-0.05, 0) is 72.6 Å². The molecule has 1 amide bonds. The Bertz CT molecular complexity index is 1640. The first-order valence-corrected chi connectivity index (χ1v) is 16.0. The van der Waals surface area contributed by atoms with E-state index in [-0.39, 0.29) is 35.2 Å². The van der Waals surface area contributed by atoms with Gasteiger partial charge in [0.2, 0.25) is 15.9 Å². The molecule has 0 aliphatic rings. The quantitative estimate of drug-likeness (QED) is 0.152. The van der Waals surface area contributed by atoms with Gasteiger partial charge in [0.15, 0.2) is 5.75 Å². The Morgan fingerprint density at radius 1 is 0.978 bits per heavy atom. The van der Waals surface area contributed by atoms with Crippen molar-refractivity contribution in [1.82, 2.24) is 14.8 Å². The number of benzene rings is 1. The van der Waals surface area contributed by atoms with Gasteiger partial charge in [0.25, 0.3) is 5.91 Å². The molecule has 2 heterocycles. The van der Waals surface area contributed by atoms with Crippen LogP contribution in [0.15, 0.2) is 42.6 Å². The molecule has 46 heavy (non-hydrogen) atoms. The molecule has 0 aliphatic heterocycles. The lowest BCUT2D eigenvalue weighted by Crippen LogP contribution is -2.27. The highest BCUT2D eigenvalue weighted by Gasteiger charge is 2.35. The number of anilines is 3. The molecule has 0 unspecified atom stereocenters. The fourth-order valence-electron chi connectivity index (χ4n) is 4.23. The molecule has 3 rings (SSSR count). The molecule has 0 radical (unpaired) electrons. The van der Waals surface area contributed by atoms with Crippen LogP contribution in [0.25, 0.3) is 11.3 Å². The van der Waals surface area contributed by atoms with E-state index in [2.05, 4.69) is 15.4 Å². The minimum atomic E-state index is -4.91. The van der Waals surface area contributed by atoms with Crippen molar-refractivity contribution in [1.29, 1.82) is 0 Å². The van der Waals surface area contributed by atoms with Crippen LogP contribution in [0.3, 0.4) is 0 Å². The van der Waals surface area contributed by atoms with E-state index in [1.165, 1.54) is 30.5 Å². The van der Waals surface area contributed by atoms with Crippen molar-refractivity contribution >= 4 is 39.1 Å². The number of nitrogens with zero attached hydrogens (tertiary/aromatic N) is 3. The van der Waals surface area contributed by atoms with Gasteiger partial charge in [0, 0.05) is 35.6 Å². The number of rotatable bonds is 13. The molecule has 0 spiro atoms. The Morgan fingerprint density at radius 2 is 1.63 bits per heavy atom. The predicted octanol–water partition coefficient (Wildman–Crippen LogP) is 5.74. The second-order valence-electron chi connectivity index (χ2n) is 12.5. The second kappa shape index (κ2) is 14.0. The van der Waals surface area contributed by atoms with Gasteiger partial charge in [-0.2, -0.15) is 18.3 Å². The highest BCUT2D eigenvalue weighted by Crippen LogP contribution is 2.35. The predicted molar refractivity (Wildman–Crippen MR) is 167 cm³/mol. The van der Waals surface area contributed by atoms with Crippen molar-refractivity contribution in [3.63, 3.8) is 0 Å². The normalized spacial score (nSPS) is 12.5. The Balaban J connectivity index is 1.82. The van der Waals surface area contributed by atoms with Crippen LogP contribution in [0.5, 0.6) is 5.88 Å². The Kier molecular flexibility index (Phi) is 11.0. The fourth-order valence-corrected chi connectivity index (χ4v) is 5.22. The van der Waals surface area contributed by atoms with Gasteiger partial charge in [-0.3, -0.25) is 14.3 Å². The zero-order valence-corrected chi connectivity index (χ0v) is 27.3. The molecule has 3 aromatic rings. The summed E-state index contributed by atoms with van der Waals surface area (Å²) in [6.45, 7) is 11.3. The minimum absolute atomic E-state index is 0.0294. The average Bonchev–Trinajstić information content (AvgIpc) is 3.26. The molecule has 0 saturated heterocycles. The minimum Gasteiger partial charge on any atom is -0.478 e. The number of aromatic nitrogens is 3. The lowest BCUT2D eigenvalue weighted by molar-refractivity contribution is -0.154. The maximum absolute atomic E-state index is 12.8. The summed E-state index contributed by atoms with van der Waals surface area (Å²) in [5, 5.41) is 7.81. The van der Waals surface area contributed by atoms with Crippen molar-refractivity contribution in [3.05, 3.63) is 48.2 Å². The van der Waals surface area contributed by atoms with Gasteiger partial charge in [-0.25, -0.2) is 18.1 Å². The second-order valence-corrected chi connectivity index (χ2v) is 14.2. The van der Waals surface area contributed by atoms with Gasteiger partial charge in [0.1, 0.15) is 22.7 Å². The van der Waals surface area contributed by atoms with Gasteiger partial charge in [-0.15, -0.1) is 0 Å². The molecule has 12 nitrogen and oxygen atoms in total. The number of ether oxygens (including phenoxy) is 2. The van der Waals surface area contributed by atoms with E-state index in [1.807, 2.05) is 46.3 Å². The summed E-state index contributed by atoms with van der Waals surface area (Å²) in [6.07, 6.45) is -1.97. The van der Waals surface area contributed by atoms with Crippen molar-refractivity contribution in [2.75, 3.05) is 22.4 Å². The van der Waals surface area contributed by atoms with Gasteiger partial charge >= 0.3 is 12.1 Å². The van der Waals surface area contributed by atoms with Crippen LogP contribution in [0.1, 0.15) is 71.2 Å². The number of nitrogens with two attached hydrogens (primary N) is 1. The third-order valence-corrected chi connectivity index (χ3v) is 7.25. The Hall–Kier alpha value is -4.34. The van der Waals surface area contributed by atoms with E-state index >= 15 is 0 Å². The molecular formula is C30H39F3N6O6S. The molecular weight excluding hydrogens is 629 g/mol. The molecule has 2 aromatic heterocycles. The smallest absolute Gasteiger partial charge is 0.404 e. The highest BCUT2D eigenvalue weighted by atomic mass is 32.2. The maximum atomic E-state index is 12.8. The molecule has 0 saturated carbocycles. The number of hydrogen-bond donors (Lipinski definition) is 3. The number of unbranched alkanes of at least 4 members (excludes halogenated alkanes) is 1. The molecule has 0 atom stereocenters. The van der Waals surface area contributed by atoms with E-state index < -0.39 is 39.0 Å². The maximum Gasteiger partial charge on any atom is 0.404 e. The number of carbonyl (C=O) groups is 2. The lowest BCUT2D eigenvalue weighted by atomic mass is 10.1. The summed E-state index contributed by atoms with van der Waals surface area (Å²) >= 11 is 0. The number of carbonyl (C=O) groups excluding carboxylic acids is 2. The average molecular weight is 669 g/mol. The largest absolute Gasteiger partial charge is 0.478 e. The number of sulfonamides is 1. The first-order valence-electron chi connectivity index (χ1n) is 14.3. The first kappa shape index (κ1) is 36.1. The van der Waals surface area contributed by atoms with E-state index in [1.54, 1.807) is 16.8 Å². The number of nitrogens with one attached hydrogen (secondary N) is 2. The summed E-state index contributed by atoms with van der Waals surface area (Å²) in [7, 11) is -4.68. The van der Waals surface area contributed by atoms with Crippen LogP contribution >= 0.6 is 0 Å². The number of halogens is 3. The summed E-state index contributed by atoms with van der Waals surface area (Å²) in [4.78, 5) is 28.9. The van der Waals surface area contributed by atoms with Crippen molar-refractivity contribution in [2.24, 2.45) is 5.73 Å².